The van der Waals surface area contributed by atoms with Gasteiger partial charge in [0.05, 0.1) is 6.20 Å². The van der Waals surface area contributed by atoms with E-state index in [0.29, 0.717) is 11.6 Å². The summed E-state index contributed by atoms with van der Waals surface area (Å²) < 4.78 is 13.2. The smallest absolute Gasteiger partial charge is 0.150 e. The first kappa shape index (κ1) is 18.2. The highest BCUT2D eigenvalue weighted by Crippen LogP contribution is 2.28. The number of hydrogen-bond acceptors (Lipinski definition) is 6. The molecule has 2 N–H and O–H groups in total. The Labute approximate surface area is 163 Å². The topological polar surface area (TPSA) is 66.0 Å². The summed E-state index contributed by atoms with van der Waals surface area (Å²) in [5.41, 5.74) is 2.12. The lowest BCUT2D eigenvalue weighted by molar-refractivity contribution is 0.626. The van der Waals surface area contributed by atoms with Gasteiger partial charge in [0.15, 0.2) is 0 Å². The van der Waals surface area contributed by atoms with Crippen LogP contribution in [0.3, 0.4) is 0 Å². The fraction of sp³-hybridized carbons (Fsp3) is 0.286. The van der Waals surface area contributed by atoms with Crippen molar-refractivity contribution < 1.29 is 4.39 Å². The van der Waals surface area contributed by atoms with Crippen LogP contribution in [0.5, 0.6) is 0 Å². The number of hydrogen-bond donors (Lipinski definition) is 2. The lowest BCUT2D eigenvalue weighted by Gasteiger charge is -2.21. The Hall–Kier alpha value is -3.22. The van der Waals surface area contributed by atoms with Crippen molar-refractivity contribution in [3.8, 4) is 0 Å². The first-order valence-corrected chi connectivity index (χ1v) is 9.49. The van der Waals surface area contributed by atoms with Crippen molar-refractivity contribution in [3.63, 3.8) is 0 Å². The maximum absolute atomic E-state index is 13.2. The fourth-order valence-electron chi connectivity index (χ4n) is 3.36. The maximum atomic E-state index is 13.2. The lowest BCUT2D eigenvalue weighted by atomic mass is 10.1. The molecule has 1 fully saturated rings. The summed E-state index contributed by atoms with van der Waals surface area (Å²) in [5, 5.41) is 6.66. The number of benzene rings is 1. The summed E-state index contributed by atoms with van der Waals surface area (Å²) in [5.74, 6) is 1.87. The molecular formula is C21H23FN6. The molecule has 0 amide bonds. The molecule has 1 saturated heterocycles. The highest BCUT2D eigenvalue weighted by molar-refractivity contribution is 5.65. The van der Waals surface area contributed by atoms with Crippen molar-refractivity contribution in [1.82, 2.24) is 15.0 Å². The molecular weight excluding hydrogens is 355 g/mol. The highest BCUT2D eigenvalue weighted by atomic mass is 19.1. The first-order chi connectivity index (χ1) is 13.7. The van der Waals surface area contributed by atoms with Gasteiger partial charge in [0.1, 0.15) is 23.3 Å². The number of nitrogens with zero attached hydrogens (tertiary/aromatic N) is 4. The minimum Gasteiger partial charge on any atom is -0.371 e. The molecule has 2 aromatic heterocycles. The van der Waals surface area contributed by atoms with E-state index in [1.807, 2.05) is 13.0 Å². The van der Waals surface area contributed by atoms with Gasteiger partial charge in [-0.25, -0.2) is 14.4 Å². The number of anilines is 4. The number of halogens is 1. The second-order valence-corrected chi connectivity index (χ2v) is 6.92. The normalized spacial score (nSPS) is 14.7. The zero-order chi connectivity index (χ0) is 19.3. The molecule has 1 atom stereocenters. The van der Waals surface area contributed by atoms with Crippen molar-refractivity contribution in [3.05, 3.63) is 66.4 Å². The van der Waals surface area contributed by atoms with Gasteiger partial charge in [-0.05, 0) is 37.5 Å². The first-order valence-electron chi connectivity index (χ1n) is 9.49. The van der Waals surface area contributed by atoms with Crippen LogP contribution in [-0.2, 0) is 0 Å². The van der Waals surface area contributed by atoms with Crippen LogP contribution < -0.4 is 15.5 Å². The Morgan fingerprint density at radius 2 is 1.75 bits per heavy atom. The summed E-state index contributed by atoms with van der Waals surface area (Å²) in [6.07, 6.45) is 7.34. The van der Waals surface area contributed by atoms with E-state index in [4.69, 9.17) is 4.98 Å². The Balaban J connectivity index is 1.60. The predicted octanol–water partition coefficient (Wildman–Crippen LogP) is 4.53. The van der Waals surface area contributed by atoms with Gasteiger partial charge in [-0.15, -0.1) is 0 Å². The second-order valence-electron chi connectivity index (χ2n) is 6.92. The van der Waals surface area contributed by atoms with E-state index in [9.17, 15) is 4.39 Å². The van der Waals surface area contributed by atoms with Gasteiger partial charge in [-0.3, -0.25) is 4.98 Å². The quantitative estimate of drug-likeness (QED) is 0.657. The summed E-state index contributed by atoms with van der Waals surface area (Å²) in [4.78, 5) is 15.4. The molecule has 1 aromatic carbocycles. The van der Waals surface area contributed by atoms with E-state index in [1.165, 1.54) is 25.0 Å². The van der Waals surface area contributed by atoms with E-state index >= 15 is 0 Å². The second kappa shape index (κ2) is 8.21. The van der Waals surface area contributed by atoms with Crippen molar-refractivity contribution in [2.24, 2.45) is 0 Å². The van der Waals surface area contributed by atoms with Crippen LogP contribution in [0, 0.1) is 5.82 Å². The zero-order valence-electron chi connectivity index (χ0n) is 15.8. The fourth-order valence-corrected chi connectivity index (χ4v) is 3.36. The molecule has 28 heavy (non-hydrogen) atoms. The van der Waals surface area contributed by atoms with Gasteiger partial charge in [-0.2, -0.15) is 0 Å². The highest BCUT2D eigenvalue weighted by Gasteiger charge is 2.16. The number of rotatable bonds is 6. The number of aromatic nitrogens is 3. The molecule has 4 rings (SSSR count). The van der Waals surface area contributed by atoms with E-state index in [2.05, 4.69) is 31.6 Å². The van der Waals surface area contributed by atoms with Gasteiger partial charge < -0.3 is 15.5 Å². The Morgan fingerprint density at radius 3 is 2.46 bits per heavy atom. The molecule has 1 aliphatic heterocycles. The average molecular weight is 378 g/mol. The summed E-state index contributed by atoms with van der Waals surface area (Å²) >= 11 is 0. The summed E-state index contributed by atoms with van der Waals surface area (Å²) in [6.45, 7) is 4.12. The minimum absolute atomic E-state index is 0.00806. The molecule has 7 heteroatoms. The Morgan fingerprint density at radius 1 is 1.00 bits per heavy atom. The van der Waals surface area contributed by atoms with E-state index in [0.717, 1.165) is 30.2 Å². The largest absolute Gasteiger partial charge is 0.371 e. The van der Waals surface area contributed by atoms with E-state index in [-0.39, 0.29) is 11.9 Å². The van der Waals surface area contributed by atoms with Crippen molar-refractivity contribution in [2.75, 3.05) is 28.6 Å². The monoisotopic (exact) mass is 378 g/mol. The molecule has 3 aromatic rings. The third-order valence-electron chi connectivity index (χ3n) is 4.84. The third kappa shape index (κ3) is 4.36. The van der Waals surface area contributed by atoms with Gasteiger partial charge in [0, 0.05) is 49.3 Å². The summed E-state index contributed by atoms with van der Waals surface area (Å²) in [7, 11) is 0. The molecule has 0 aliphatic carbocycles. The predicted molar refractivity (Wildman–Crippen MR) is 109 cm³/mol. The molecule has 0 radical (unpaired) electrons. The molecule has 3 heterocycles. The average Bonchev–Trinajstić information content (AvgIpc) is 3.24. The maximum Gasteiger partial charge on any atom is 0.150 e. The van der Waals surface area contributed by atoms with E-state index in [1.54, 1.807) is 30.7 Å². The van der Waals surface area contributed by atoms with Crippen molar-refractivity contribution >= 4 is 23.1 Å². The van der Waals surface area contributed by atoms with Gasteiger partial charge in [0.2, 0.25) is 0 Å². The molecule has 6 nitrogen and oxygen atoms in total. The third-order valence-corrected chi connectivity index (χ3v) is 4.84. The van der Waals surface area contributed by atoms with Crippen molar-refractivity contribution in [1.29, 1.82) is 0 Å². The minimum atomic E-state index is -0.236. The molecule has 0 bridgehead atoms. The number of nitrogens with one attached hydrogen (secondary N) is 2. The Kier molecular flexibility index (Phi) is 5.32. The van der Waals surface area contributed by atoms with Crippen LogP contribution in [0.1, 0.15) is 31.4 Å². The molecule has 0 unspecified atom stereocenters. The van der Waals surface area contributed by atoms with Crippen LogP contribution >= 0.6 is 0 Å². The standard InChI is InChI=1S/C21H23FN6/c1-15(16-4-6-17(22)7-5-16)25-19-12-18(28-10-2-3-11-28)13-20(26-19)27-21-14-23-8-9-24-21/h4-9,12-15H,2-3,10-11H2,1H3,(H2,24,25,26,27)/t15-/m0/s1. The van der Waals surface area contributed by atoms with Gasteiger partial charge in [-0.1, -0.05) is 12.1 Å². The SMILES string of the molecule is C[C@H](Nc1cc(N2CCCC2)cc(Nc2cnccn2)n1)c1ccc(F)cc1. The van der Waals surface area contributed by atoms with Crippen LogP contribution in [0.15, 0.2) is 55.0 Å². The van der Waals surface area contributed by atoms with Crippen LogP contribution in [0.4, 0.5) is 27.5 Å². The van der Waals surface area contributed by atoms with Crippen molar-refractivity contribution in [2.45, 2.75) is 25.8 Å². The molecule has 0 saturated carbocycles. The van der Waals surface area contributed by atoms with Crippen LogP contribution in [-0.4, -0.2) is 28.0 Å². The van der Waals surface area contributed by atoms with Gasteiger partial charge in [0.25, 0.3) is 0 Å². The molecule has 144 valence electrons. The molecule has 1 aliphatic rings. The number of pyridine rings is 1. The van der Waals surface area contributed by atoms with Crippen LogP contribution in [0.25, 0.3) is 0 Å². The van der Waals surface area contributed by atoms with E-state index < -0.39 is 0 Å². The lowest BCUT2D eigenvalue weighted by Crippen LogP contribution is -2.18. The van der Waals surface area contributed by atoms with Gasteiger partial charge >= 0.3 is 0 Å². The van der Waals surface area contributed by atoms with Crippen LogP contribution in [0.2, 0.25) is 0 Å². The Bertz CT molecular complexity index is 910. The zero-order valence-corrected chi connectivity index (χ0v) is 15.8. The molecule has 0 spiro atoms. The summed E-state index contributed by atoms with van der Waals surface area (Å²) in [6, 6.07) is 10.6.